The van der Waals surface area contributed by atoms with Gasteiger partial charge in [0.1, 0.15) is 17.1 Å². The summed E-state index contributed by atoms with van der Waals surface area (Å²) in [5.41, 5.74) is 9.23. The second kappa shape index (κ2) is 4.70. The number of phenols is 2. The smallest absolute Gasteiger partial charge is 0.265 e. The molecule has 0 atom stereocenters. The van der Waals surface area contributed by atoms with Crippen molar-refractivity contribution in [2.75, 3.05) is 17.2 Å². The molecule has 2 aromatic carbocycles. The van der Waals surface area contributed by atoms with Crippen LogP contribution in [0, 0.1) is 6.92 Å². The van der Waals surface area contributed by atoms with Crippen LogP contribution < -0.4 is 10.6 Å². The molecule has 4 N–H and O–H groups in total. The fourth-order valence-corrected chi connectivity index (χ4v) is 2.67. The predicted molar refractivity (Wildman–Crippen MR) is 80.7 cm³/mol. The quantitative estimate of drug-likeness (QED) is 0.701. The first-order valence-corrected chi connectivity index (χ1v) is 6.71. The maximum Gasteiger partial charge on any atom is 0.265 e. The van der Waals surface area contributed by atoms with Gasteiger partial charge in [0, 0.05) is 17.9 Å². The average Bonchev–Trinajstić information content (AvgIpc) is 2.81. The number of carbonyl (C=O) groups is 1. The molecule has 3 rings (SSSR count). The van der Waals surface area contributed by atoms with Crippen molar-refractivity contribution in [1.82, 2.24) is 0 Å². The van der Waals surface area contributed by atoms with Gasteiger partial charge in [0.05, 0.1) is 0 Å². The molecule has 0 aromatic heterocycles. The van der Waals surface area contributed by atoms with Crippen molar-refractivity contribution in [2.45, 2.75) is 13.3 Å². The number of aromatic hydroxyl groups is 2. The minimum atomic E-state index is -0.424. The van der Waals surface area contributed by atoms with E-state index in [-0.39, 0.29) is 17.1 Å². The highest BCUT2D eigenvalue weighted by Gasteiger charge is 2.29. The van der Waals surface area contributed by atoms with Crippen molar-refractivity contribution < 1.29 is 15.0 Å². The molecule has 1 amide bonds. The van der Waals surface area contributed by atoms with Gasteiger partial charge in [-0.1, -0.05) is 12.1 Å². The zero-order valence-electron chi connectivity index (χ0n) is 11.6. The number of aryl methyl sites for hydroxylation is 1. The van der Waals surface area contributed by atoms with E-state index >= 15 is 0 Å². The first-order chi connectivity index (χ1) is 9.99. The minimum absolute atomic E-state index is 0.0792. The second-order valence-electron chi connectivity index (χ2n) is 5.22. The third-order valence-corrected chi connectivity index (χ3v) is 3.84. The Labute approximate surface area is 122 Å². The molecule has 0 saturated heterocycles. The maximum atomic E-state index is 12.6. The van der Waals surface area contributed by atoms with Gasteiger partial charge in [-0.3, -0.25) is 4.79 Å². The fourth-order valence-electron chi connectivity index (χ4n) is 2.67. The van der Waals surface area contributed by atoms with Crippen molar-refractivity contribution >= 4 is 17.3 Å². The van der Waals surface area contributed by atoms with Crippen LogP contribution in [-0.4, -0.2) is 22.7 Å². The largest absolute Gasteiger partial charge is 0.507 e. The molecule has 5 heteroatoms. The molecule has 108 valence electrons. The van der Waals surface area contributed by atoms with Crippen LogP contribution in [0.4, 0.5) is 11.4 Å². The number of rotatable bonds is 1. The Hall–Kier alpha value is -2.69. The van der Waals surface area contributed by atoms with Crippen molar-refractivity contribution in [1.29, 1.82) is 0 Å². The SMILES string of the molecule is Cc1cc2c(cc1N)N(C(=O)c1c(O)cccc1O)CC2. The lowest BCUT2D eigenvalue weighted by Crippen LogP contribution is -2.29. The van der Waals surface area contributed by atoms with Crippen molar-refractivity contribution in [3.8, 4) is 11.5 Å². The average molecular weight is 284 g/mol. The highest BCUT2D eigenvalue weighted by atomic mass is 16.3. The number of amides is 1. The lowest BCUT2D eigenvalue weighted by molar-refractivity contribution is 0.0984. The molecule has 0 unspecified atom stereocenters. The Morgan fingerprint density at radius 2 is 1.90 bits per heavy atom. The van der Waals surface area contributed by atoms with E-state index in [4.69, 9.17) is 5.73 Å². The molecule has 0 radical (unpaired) electrons. The molecule has 0 saturated carbocycles. The summed E-state index contributed by atoms with van der Waals surface area (Å²) in [6, 6.07) is 8.00. The number of nitrogens with two attached hydrogens (primary N) is 1. The number of carbonyl (C=O) groups excluding carboxylic acids is 1. The zero-order valence-corrected chi connectivity index (χ0v) is 11.6. The van der Waals surface area contributed by atoms with Gasteiger partial charge in [0.2, 0.25) is 0 Å². The molecular weight excluding hydrogens is 268 g/mol. The van der Waals surface area contributed by atoms with E-state index < -0.39 is 5.91 Å². The standard InChI is InChI=1S/C16H16N2O3/c1-9-7-10-5-6-18(12(10)8-11(9)17)16(21)15-13(19)3-2-4-14(15)20/h2-4,7-8,19-20H,5-6,17H2,1H3. The Morgan fingerprint density at radius 3 is 2.57 bits per heavy atom. The van der Waals surface area contributed by atoms with Crippen molar-refractivity contribution in [3.05, 3.63) is 47.0 Å². The van der Waals surface area contributed by atoms with E-state index in [1.165, 1.54) is 18.2 Å². The molecule has 0 bridgehead atoms. The molecule has 0 fully saturated rings. The maximum absolute atomic E-state index is 12.6. The topological polar surface area (TPSA) is 86.8 Å². The van der Waals surface area contributed by atoms with Gasteiger partial charge in [-0.25, -0.2) is 0 Å². The van der Waals surface area contributed by atoms with Crippen molar-refractivity contribution in [3.63, 3.8) is 0 Å². The molecule has 21 heavy (non-hydrogen) atoms. The van der Waals surface area contributed by atoms with Crippen LogP contribution in [0.2, 0.25) is 0 Å². The number of fused-ring (bicyclic) bond motifs is 1. The van der Waals surface area contributed by atoms with Gasteiger partial charge < -0.3 is 20.8 Å². The number of benzene rings is 2. The number of nitrogen functional groups attached to an aromatic ring is 1. The highest BCUT2D eigenvalue weighted by Crippen LogP contribution is 2.36. The Morgan fingerprint density at radius 1 is 1.24 bits per heavy atom. The van der Waals surface area contributed by atoms with Crippen LogP contribution in [0.3, 0.4) is 0 Å². The van der Waals surface area contributed by atoms with Gasteiger partial charge in [-0.2, -0.15) is 0 Å². The van der Waals surface area contributed by atoms with E-state index in [1.54, 1.807) is 11.0 Å². The Bertz CT molecular complexity index is 720. The van der Waals surface area contributed by atoms with E-state index in [0.717, 1.165) is 23.2 Å². The number of anilines is 2. The van der Waals surface area contributed by atoms with Crippen LogP contribution in [0.5, 0.6) is 11.5 Å². The van der Waals surface area contributed by atoms with Gasteiger partial charge in [-0.15, -0.1) is 0 Å². The monoisotopic (exact) mass is 284 g/mol. The summed E-state index contributed by atoms with van der Waals surface area (Å²) in [4.78, 5) is 14.2. The summed E-state index contributed by atoms with van der Waals surface area (Å²) >= 11 is 0. The normalized spacial score (nSPS) is 13.3. The lowest BCUT2D eigenvalue weighted by atomic mass is 10.1. The van der Waals surface area contributed by atoms with Crippen molar-refractivity contribution in [2.24, 2.45) is 0 Å². The molecule has 1 heterocycles. The van der Waals surface area contributed by atoms with Crippen LogP contribution in [0.15, 0.2) is 30.3 Å². The van der Waals surface area contributed by atoms with E-state index in [0.29, 0.717) is 12.2 Å². The van der Waals surface area contributed by atoms with E-state index in [9.17, 15) is 15.0 Å². The second-order valence-corrected chi connectivity index (χ2v) is 5.22. The van der Waals surface area contributed by atoms with Gasteiger partial charge in [0.25, 0.3) is 5.91 Å². The van der Waals surface area contributed by atoms with Gasteiger partial charge in [0.15, 0.2) is 0 Å². The molecule has 5 nitrogen and oxygen atoms in total. The van der Waals surface area contributed by atoms with Crippen LogP contribution in [0.1, 0.15) is 21.5 Å². The third-order valence-electron chi connectivity index (χ3n) is 3.84. The molecule has 1 aliphatic heterocycles. The number of phenolic OH excluding ortho intramolecular Hbond substituents is 2. The van der Waals surface area contributed by atoms with Gasteiger partial charge in [-0.05, 0) is 42.7 Å². The van der Waals surface area contributed by atoms with Crippen LogP contribution >= 0.6 is 0 Å². The first kappa shape index (κ1) is 13.3. The molecule has 0 aliphatic carbocycles. The number of nitrogens with zero attached hydrogens (tertiary/aromatic N) is 1. The summed E-state index contributed by atoms with van der Waals surface area (Å²) in [5.74, 6) is -0.880. The third kappa shape index (κ3) is 2.07. The summed E-state index contributed by atoms with van der Waals surface area (Å²) in [5, 5.41) is 19.7. The van der Waals surface area contributed by atoms with Crippen LogP contribution in [-0.2, 0) is 6.42 Å². The lowest BCUT2D eigenvalue weighted by Gasteiger charge is -2.19. The Kier molecular flexibility index (Phi) is 2.97. The zero-order chi connectivity index (χ0) is 15.1. The predicted octanol–water partition coefficient (Wildman–Crippen LogP) is 2.19. The molecular formula is C16H16N2O3. The molecule has 1 aliphatic rings. The summed E-state index contributed by atoms with van der Waals surface area (Å²) < 4.78 is 0. The summed E-state index contributed by atoms with van der Waals surface area (Å²) in [6.45, 7) is 2.43. The highest BCUT2D eigenvalue weighted by molar-refractivity contribution is 6.10. The molecule has 2 aromatic rings. The Balaban J connectivity index is 2.05. The van der Waals surface area contributed by atoms with E-state index in [2.05, 4.69) is 0 Å². The van der Waals surface area contributed by atoms with E-state index in [1.807, 2.05) is 13.0 Å². The summed E-state index contributed by atoms with van der Waals surface area (Å²) in [7, 11) is 0. The van der Waals surface area contributed by atoms with Gasteiger partial charge >= 0.3 is 0 Å². The van der Waals surface area contributed by atoms with Crippen LogP contribution in [0.25, 0.3) is 0 Å². The minimum Gasteiger partial charge on any atom is -0.507 e. The number of hydrogen-bond donors (Lipinski definition) is 3. The molecule has 0 spiro atoms. The number of hydrogen-bond acceptors (Lipinski definition) is 4. The summed E-state index contributed by atoms with van der Waals surface area (Å²) in [6.07, 6.45) is 0.733. The first-order valence-electron chi connectivity index (χ1n) is 6.71. The fraction of sp³-hybridized carbons (Fsp3) is 0.188.